The lowest BCUT2D eigenvalue weighted by Gasteiger charge is -2.05. The van der Waals surface area contributed by atoms with Gasteiger partial charge in [-0.3, -0.25) is 4.68 Å². The highest BCUT2D eigenvalue weighted by Crippen LogP contribution is 2.27. The summed E-state index contributed by atoms with van der Waals surface area (Å²) in [6.07, 6.45) is 1.03. The number of hydrogen-bond donors (Lipinski definition) is 2. The van der Waals surface area contributed by atoms with Crippen molar-refractivity contribution >= 4 is 17.4 Å². The van der Waals surface area contributed by atoms with Gasteiger partial charge in [0.1, 0.15) is 5.03 Å². The molecule has 0 radical (unpaired) electrons. The third-order valence-electron chi connectivity index (χ3n) is 1.89. The van der Waals surface area contributed by atoms with Gasteiger partial charge in [-0.05, 0) is 13.3 Å². The average molecular weight is 215 g/mol. The maximum Gasteiger partial charge on any atom is 0.117 e. The molecule has 0 aliphatic carbocycles. The second-order valence-electron chi connectivity index (χ2n) is 3.10. The molecule has 0 unspecified atom stereocenters. The van der Waals surface area contributed by atoms with Crippen molar-refractivity contribution in [2.45, 2.75) is 31.8 Å². The molecule has 1 heterocycles. The molecule has 5 heteroatoms. The van der Waals surface area contributed by atoms with Gasteiger partial charge in [-0.2, -0.15) is 5.10 Å². The number of anilines is 1. The summed E-state index contributed by atoms with van der Waals surface area (Å²) < 4.78 is 1.92. The Morgan fingerprint density at radius 3 is 2.86 bits per heavy atom. The van der Waals surface area contributed by atoms with E-state index in [0.717, 1.165) is 29.4 Å². The molecule has 0 amide bonds. The number of rotatable bonds is 5. The van der Waals surface area contributed by atoms with Crippen molar-refractivity contribution in [1.82, 2.24) is 9.78 Å². The van der Waals surface area contributed by atoms with Crippen LogP contribution in [-0.4, -0.2) is 27.2 Å². The predicted octanol–water partition coefficient (Wildman–Crippen LogP) is 1.27. The van der Waals surface area contributed by atoms with Crippen LogP contribution in [0.15, 0.2) is 5.03 Å². The van der Waals surface area contributed by atoms with Crippen molar-refractivity contribution in [2.24, 2.45) is 0 Å². The SMILES string of the molecule is CCCn1nc(C)c(N)c1SCCO. The molecule has 1 aromatic heterocycles. The van der Waals surface area contributed by atoms with Gasteiger partial charge in [-0.25, -0.2) is 0 Å². The molecule has 0 bridgehead atoms. The van der Waals surface area contributed by atoms with Crippen molar-refractivity contribution in [3.63, 3.8) is 0 Å². The van der Waals surface area contributed by atoms with Gasteiger partial charge in [-0.15, -0.1) is 11.8 Å². The zero-order valence-corrected chi connectivity index (χ0v) is 9.47. The van der Waals surface area contributed by atoms with Crippen molar-refractivity contribution in [1.29, 1.82) is 0 Å². The van der Waals surface area contributed by atoms with Gasteiger partial charge in [-0.1, -0.05) is 6.92 Å². The summed E-state index contributed by atoms with van der Waals surface area (Å²) in [4.78, 5) is 0. The van der Waals surface area contributed by atoms with E-state index < -0.39 is 0 Å². The van der Waals surface area contributed by atoms with E-state index in [1.165, 1.54) is 0 Å². The van der Waals surface area contributed by atoms with E-state index in [9.17, 15) is 0 Å². The molecular weight excluding hydrogens is 198 g/mol. The fraction of sp³-hybridized carbons (Fsp3) is 0.667. The van der Waals surface area contributed by atoms with Crippen LogP contribution in [0.5, 0.6) is 0 Å². The van der Waals surface area contributed by atoms with Crippen molar-refractivity contribution in [3.8, 4) is 0 Å². The van der Waals surface area contributed by atoms with Crippen molar-refractivity contribution in [2.75, 3.05) is 18.1 Å². The molecule has 3 N–H and O–H groups in total. The second kappa shape index (κ2) is 5.26. The minimum Gasteiger partial charge on any atom is -0.396 e. The minimum absolute atomic E-state index is 0.167. The first-order valence-electron chi connectivity index (χ1n) is 4.77. The van der Waals surface area contributed by atoms with Crippen molar-refractivity contribution < 1.29 is 5.11 Å². The molecule has 0 aliphatic heterocycles. The van der Waals surface area contributed by atoms with Crippen LogP contribution >= 0.6 is 11.8 Å². The topological polar surface area (TPSA) is 64.1 Å². The standard InChI is InChI=1S/C9H17N3OS/c1-3-4-12-9(14-6-5-13)8(10)7(2)11-12/h13H,3-6,10H2,1-2H3. The monoisotopic (exact) mass is 215 g/mol. The fourth-order valence-corrected chi connectivity index (χ4v) is 2.10. The lowest BCUT2D eigenvalue weighted by Crippen LogP contribution is -2.02. The van der Waals surface area contributed by atoms with E-state index in [1.54, 1.807) is 11.8 Å². The smallest absolute Gasteiger partial charge is 0.117 e. The number of nitrogens with zero attached hydrogens (tertiary/aromatic N) is 2. The first kappa shape index (κ1) is 11.4. The summed E-state index contributed by atoms with van der Waals surface area (Å²) in [6.45, 7) is 5.06. The Labute approximate surface area is 88.5 Å². The number of aliphatic hydroxyl groups excluding tert-OH is 1. The van der Waals surface area contributed by atoms with Crippen LogP contribution in [-0.2, 0) is 6.54 Å². The van der Waals surface area contributed by atoms with Crippen LogP contribution in [0.3, 0.4) is 0 Å². The summed E-state index contributed by atoms with van der Waals surface area (Å²) in [5, 5.41) is 14.1. The normalized spacial score (nSPS) is 10.8. The third kappa shape index (κ3) is 2.42. The zero-order chi connectivity index (χ0) is 10.6. The number of thioether (sulfide) groups is 1. The van der Waals surface area contributed by atoms with Gasteiger partial charge in [0, 0.05) is 12.3 Å². The van der Waals surface area contributed by atoms with Gasteiger partial charge >= 0.3 is 0 Å². The van der Waals surface area contributed by atoms with Crippen LogP contribution in [0.2, 0.25) is 0 Å². The number of nitrogens with two attached hydrogens (primary N) is 1. The summed E-state index contributed by atoms with van der Waals surface area (Å²) in [5.74, 6) is 0.666. The summed E-state index contributed by atoms with van der Waals surface area (Å²) in [5.41, 5.74) is 7.51. The van der Waals surface area contributed by atoms with E-state index in [0.29, 0.717) is 5.75 Å². The van der Waals surface area contributed by atoms with E-state index in [-0.39, 0.29) is 6.61 Å². The number of nitrogen functional groups attached to an aromatic ring is 1. The molecule has 0 saturated heterocycles. The lowest BCUT2D eigenvalue weighted by molar-refractivity contribution is 0.322. The number of aryl methyl sites for hydroxylation is 2. The van der Waals surface area contributed by atoms with Gasteiger partial charge in [0.25, 0.3) is 0 Å². The largest absolute Gasteiger partial charge is 0.396 e. The van der Waals surface area contributed by atoms with Crippen LogP contribution < -0.4 is 5.73 Å². The van der Waals surface area contributed by atoms with Crippen molar-refractivity contribution in [3.05, 3.63) is 5.69 Å². The van der Waals surface area contributed by atoms with E-state index in [1.807, 2.05) is 11.6 Å². The van der Waals surface area contributed by atoms with E-state index in [2.05, 4.69) is 12.0 Å². The quantitative estimate of drug-likeness (QED) is 0.726. The van der Waals surface area contributed by atoms with Gasteiger partial charge < -0.3 is 10.8 Å². The van der Waals surface area contributed by atoms with Crippen LogP contribution in [0.1, 0.15) is 19.0 Å². The maximum absolute atomic E-state index is 8.75. The van der Waals surface area contributed by atoms with Crippen LogP contribution in [0, 0.1) is 6.92 Å². The van der Waals surface area contributed by atoms with Gasteiger partial charge in [0.15, 0.2) is 0 Å². The maximum atomic E-state index is 8.75. The Morgan fingerprint density at radius 2 is 2.29 bits per heavy atom. The Balaban J connectivity index is 2.85. The Kier molecular flexibility index (Phi) is 4.28. The summed E-state index contributed by atoms with van der Waals surface area (Å²) in [6, 6.07) is 0. The van der Waals surface area contributed by atoms with Gasteiger partial charge in [0.05, 0.1) is 18.0 Å². The predicted molar refractivity (Wildman–Crippen MR) is 59.5 cm³/mol. The molecule has 4 nitrogen and oxygen atoms in total. The molecule has 14 heavy (non-hydrogen) atoms. The fourth-order valence-electron chi connectivity index (χ4n) is 1.23. The number of hydrogen-bond acceptors (Lipinski definition) is 4. The van der Waals surface area contributed by atoms with Crippen LogP contribution in [0.25, 0.3) is 0 Å². The third-order valence-corrected chi connectivity index (χ3v) is 2.98. The average Bonchev–Trinajstić information content (AvgIpc) is 2.42. The Bertz CT molecular complexity index is 298. The molecule has 0 fully saturated rings. The molecule has 0 aliphatic rings. The summed E-state index contributed by atoms with van der Waals surface area (Å²) >= 11 is 1.56. The molecular formula is C9H17N3OS. The highest BCUT2D eigenvalue weighted by molar-refractivity contribution is 7.99. The minimum atomic E-state index is 0.167. The molecule has 1 rings (SSSR count). The Hall–Kier alpha value is -0.680. The second-order valence-corrected chi connectivity index (χ2v) is 4.18. The van der Waals surface area contributed by atoms with E-state index >= 15 is 0 Å². The molecule has 0 atom stereocenters. The first-order chi connectivity index (χ1) is 6.70. The van der Waals surface area contributed by atoms with Crippen LogP contribution in [0.4, 0.5) is 5.69 Å². The first-order valence-corrected chi connectivity index (χ1v) is 5.75. The molecule has 0 aromatic carbocycles. The zero-order valence-electron chi connectivity index (χ0n) is 8.66. The molecule has 1 aromatic rings. The molecule has 0 saturated carbocycles. The van der Waals surface area contributed by atoms with Gasteiger partial charge in [0.2, 0.25) is 0 Å². The number of aliphatic hydroxyl groups is 1. The van der Waals surface area contributed by atoms with E-state index in [4.69, 9.17) is 10.8 Å². The summed E-state index contributed by atoms with van der Waals surface area (Å²) in [7, 11) is 0. The molecule has 80 valence electrons. The Morgan fingerprint density at radius 1 is 1.57 bits per heavy atom. The highest BCUT2D eigenvalue weighted by atomic mass is 32.2. The molecule has 0 spiro atoms. The lowest BCUT2D eigenvalue weighted by atomic mass is 10.4. The number of aromatic nitrogens is 2. The highest BCUT2D eigenvalue weighted by Gasteiger charge is 2.11.